The van der Waals surface area contributed by atoms with E-state index in [9.17, 15) is 4.79 Å². The van der Waals surface area contributed by atoms with Gasteiger partial charge in [0.05, 0.1) is 20.8 Å². The smallest absolute Gasteiger partial charge is 0.264 e. The number of hydrogen-bond acceptors (Lipinski definition) is 6. The van der Waals surface area contributed by atoms with Gasteiger partial charge in [0.1, 0.15) is 12.2 Å². The van der Waals surface area contributed by atoms with Gasteiger partial charge in [0, 0.05) is 55.8 Å². The first-order valence-electron chi connectivity index (χ1n) is 10.2. The van der Waals surface area contributed by atoms with Gasteiger partial charge in [0.2, 0.25) is 0 Å². The Kier molecular flexibility index (Phi) is 5.13. The van der Waals surface area contributed by atoms with Crippen LogP contribution in [0.3, 0.4) is 0 Å². The molecule has 0 bridgehead atoms. The average Bonchev–Trinajstić information content (AvgIpc) is 3.48. The zero-order chi connectivity index (χ0) is 21.5. The molecule has 7 nitrogen and oxygen atoms in total. The van der Waals surface area contributed by atoms with E-state index in [2.05, 4.69) is 33.5 Å². The molecule has 31 heavy (non-hydrogen) atoms. The molecule has 0 spiro atoms. The third kappa shape index (κ3) is 3.67. The number of H-pyrrole nitrogens is 1. The SMILES string of the molecule is CO[C@H]1CN(C(=O)c2cc3nccc(Nc4ccc5[nH]c(C)cc5c4)c3s2)C[C@@H]1OC. The molecular weight excluding hydrogens is 412 g/mol. The number of hydrogen-bond donors (Lipinski definition) is 2. The molecule has 3 aromatic heterocycles. The number of nitrogens with zero attached hydrogens (tertiary/aromatic N) is 2. The number of carbonyl (C=O) groups excluding carboxylic acids is 1. The maximum absolute atomic E-state index is 13.1. The Morgan fingerprint density at radius 1 is 1.16 bits per heavy atom. The lowest BCUT2D eigenvalue weighted by Gasteiger charge is -2.14. The van der Waals surface area contributed by atoms with E-state index in [4.69, 9.17) is 9.47 Å². The fourth-order valence-corrected chi connectivity index (χ4v) is 5.22. The van der Waals surface area contributed by atoms with Crippen LogP contribution in [-0.4, -0.2) is 60.3 Å². The van der Waals surface area contributed by atoms with Crippen molar-refractivity contribution in [2.45, 2.75) is 19.1 Å². The van der Waals surface area contributed by atoms with Crippen molar-refractivity contribution in [2.75, 3.05) is 32.6 Å². The third-order valence-corrected chi connectivity index (χ3v) is 6.91. The summed E-state index contributed by atoms with van der Waals surface area (Å²) in [5.74, 6) is -0.0141. The number of aromatic amines is 1. The number of likely N-dealkylation sites (tertiary alicyclic amines) is 1. The van der Waals surface area contributed by atoms with Gasteiger partial charge in [-0.15, -0.1) is 11.3 Å². The van der Waals surface area contributed by atoms with Gasteiger partial charge in [-0.3, -0.25) is 9.78 Å². The number of anilines is 2. The normalized spacial score (nSPS) is 18.9. The van der Waals surface area contributed by atoms with Crippen LogP contribution in [0.2, 0.25) is 0 Å². The lowest BCUT2D eigenvalue weighted by atomic mass is 10.2. The van der Waals surface area contributed by atoms with Crippen LogP contribution in [0.25, 0.3) is 21.1 Å². The molecule has 1 aliphatic rings. The number of nitrogens with one attached hydrogen (secondary N) is 2. The number of aryl methyl sites for hydroxylation is 1. The highest BCUT2D eigenvalue weighted by Gasteiger charge is 2.36. The fraction of sp³-hybridized carbons (Fsp3) is 0.304. The summed E-state index contributed by atoms with van der Waals surface area (Å²) in [6, 6.07) is 12.2. The molecule has 2 N–H and O–H groups in total. The van der Waals surface area contributed by atoms with Crippen molar-refractivity contribution in [2.24, 2.45) is 0 Å². The molecule has 4 aromatic rings. The van der Waals surface area contributed by atoms with Crippen molar-refractivity contribution >= 4 is 49.7 Å². The van der Waals surface area contributed by atoms with Crippen LogP contribution in [-0.2, 0) is 9.47 Å². The van der Waals surface area contributed by atoms with Crippen LogP contribution in [0, 0.1) is 6.92 Å². The molecule has 2 atom stereocenters. The number of benzene rings is 1. The first-order chi connectivity index (χ1) is 15.1. The summed E-state index contributed by atoms with van der Waals surface area (Å²) in [5.41, 5.74) is 4.98. The molecular formula is C23H24N4O3S. The number of ether oxygens (including phenoxy) is 2. The minimum absolute atomic E-state index is 0.0141. The summed E-state index contributed by atoms with van der Waals surface area (Å²) in [5, 5.41) is 4.65. The Labute approximate surface area is 184 Å². The molecule has 160 valence electrons. The van der Waals surface area contributed by atoms with Crippen molar-refractivity contribution in [3.8, 4) is 0 Å². The van der Waals surface area contributed by atoms with Gasteiger partial charge < -0.3 is 24.7 Å². The number of methoxy groups -OCH3 is 2. The molecule has 1 aromatic carbocycles. The Balaban J connectivity index is 1.42. The summed E-state index contributed by atoms with van der Waals surface area (Å²) < 4.78 is 11.9. The maximum Gasteiger partial charge on any atom is 0.264 e. The van der Waals surface area contributed by atoms with Crippen LogP contribution in [0.5, 0.6) is 0 Å². The largest absolute Gasteiger partial charge is 0.377 e. The summed E-state index contributed by atoms with van der Waals surface area (Å²) in [6.45, 7) is 3.10. The van der Waals surface area contributed by atoms with Crippen molar-refractivity contribution in [3.05, 3.63) is 53.2 Å². The second-order valence-electron chi connectivity index (χ2n) is 7.82. The maximum atomic E-state index is 13.1. The molecule has 0 saturated carbocycles. The highest BCUT2D eigenvalue weighted by Crippen LogP contribution is 2.34. The van der Waals surface area contributed by atoms with Crippen molar-refractivity contribution in [3.63, 3.8) is 0 Å². The van der Waals surface area contributed by atoms with E-state index in [1.54, 1.807) is 25.3 Å². The van der Waals surface area contributed by atoms with Crippen LogP contribution in [0.15, 0.2) is 42.6 Å². The number of thiophene rings is 1. The van der Waals surface area contributed by atoms with Crippen LogP contribution in [0.4, 0.5) is 11.4 Å². The number of pyridine rings is 1. The van der Waals surface area contributed by atoms with Gasteiger partial charge >= 0.3 is 0 Å². The minimum atomic E-state index is -0.106. The Morgan fingerprint density at radius 2 is 1.94 bits per heavy atom. The quantitative estimate of drug-likeness (QED) is 0.487. The molecule has 0 aliphatic carbocycles. The second-order valence-corrected chi connectivity index (χ2v) is 8.87. The van der Waals surface area contributed by atoms with Crippen LogP contribution in [0.1, 0.15) is 15.4 Å². The topological polar surface area (TPSA) is 79.5 Å². The van der Waals surface area contributed by atoms with E-state index in [0.29, 0.717) is 18.0 Å². The number of fused-ring (bicyclic) bond motifs is 2. The molecule has 0 radical (unpaired) electrons. The Hall–Kier alpha value is -2.94. The molecule has 1 fully saturated rings. The molecule has 1 aliphatic heterocycles. The van der Waals surface area contributed by atoms with Gasteiger partial charge in [-0.25, -0.2) is 0 Å². The zero-order valence-electron chi connectivity index (χ0n) is 17.6. The average molecular weight is 437 g/mol. The van der Waals surface area contributed by atoms with Crippen LogP contribution < -0.4 is 5.32 Å². The van der Waals surface area contributed by atoms with Gasteiger partial charge in [-0.05, 0) is 43.3 Å². The van der Waals surface area contributed by atoms with Crippen molar-refractivity contribution in [1.82, 2.24) is 14.9 Å². The Bertz CT molecular complexity index is 1250. The number of aromatic nitrogens is 2. The molecule has 1 amide bonds. The molecule has 1 saturated heterocycles. The lowest BCUT2D eigenvalue weighted by molar-refractivity contribution is -0.00461. The number of carbonyl (C=O) groups is 1. The predicted octanol–water partition coefficient (Wildman–Crippen LogP) is 4.32. The summed E-state index contributed by atoms with van der Waals surface area (Å²) >= 11 is 1.46. The number of rotatable bonds is 5. The van der Waals surface area contributed by atoms with Gasteiger partial charge in [0.25, 0.3) is 5.91 Å². The summed E-state index contributed by atoms with van der Waals surface area (Å²) in [7, 11) is 3.30. The van der Waals surface area contributed by atoms with E-state index in [1.807, 2.05) is 25.1 Å². The molecule has 4 heterocycles. The van der Waals surface area contributed by atoms with Gasteiger partial charge in [-0.2, -0.15) is 0 Å². The van der Waals surface area contributed by atoms with E-state index >= 15 is 0 Å². The first kappa shape index (κ1) is 20.0. The molecule has 8 heteroatoms. The predicted molar refractivity (Wildman–Crippen MR) is 123 cm³/mol. The van der Waals surface area contributed by atoms with E-state index in [1.165, 1.54) is 11.3 Å². The third-order valence-electron chi connectivity index (χ3n) is 5.77. The van der Waals surface area contributed by atoms with Crippen LogP contribution >= 0.6 is 11.3 Å². The Morgan fingerprint density at radius 3 is 2.68 bits per heavy atom. The van der Waals surface area contributed by atoms with Crippen molar-refractivity contribution in [1.29, 1.82) is 0 Å². The standard InChI is InChI=1S/C23H24N4O3S/c1-13-8-14-9-15(4-5-16(14)25-13)26-17-6-7-24-18-10-21(31-22(17)18)23(28)27-11-19(29-2)20(12-27)30-3/h4-10,19-20,25H,11-12H2,1-3H3,(H,24,26)/t19-,20-/m0/s1. The summed E-state index contributed by atoms with van der Waals surface area (Å²) in [6.07, 6.45) is 1.55. The van der Waals surface area contributed by atoms with E-state index < -0.39 is 0 Å². The molecule has 5 rings (SSSR count). The van der Waals surface area contributed by atoms with E-state index in [0.717, 1.165) is 38.2 Å². The number of amides is 1. The zero-order valence-corrected chi connectivity index (χ0v) is 18.5. The highest BCUT2D eigenvalue weighted by molar-refractivity contribution is 7.21. The van der Waals surface area contributed by atoms with Gasteiger partial charge in [-0.1, -0.05) is 0 Å². The second kappa shape index (κ2) is 7.96. The van der Waals surface area contributed by atoms with Gasteiger partial charge in [0.15, 0.2) is 0 Å². The summed E-state index contributed by atoms with van der Waals surface area (Å²) in [4.78, 5) is 23.4. The monoisotopic (exact) mass is 436 g/mol. The molecule has 0 unspecified atom stereocenters. The first-order valence-corrected chi connectivity index (χ1v) is 11.0. The highest BCUT2D eigenvalue weighted by atomic mass is 32.1. The lowest BCUT2D eigenvalue weighted by Crippen LogP contribution is -2.29. The van der Waals surface area contributed by atoms with Crippen molar-refractivity contribution < 1.29 is 14.3 Å². The van der Waals surface area contributed by atoms with E-state index in [-0.39, 0.29) is 18.1 Å². The fourth-order valence-electron chi connectivity index (χ4n) is 4.17. The minimum Gasteiger partial charge on any atom is -0.377 e.